The zero-order valence-corrected chi connectivity index (χ0v) is 19.1. The van der Waals surface area contributed by atoms with Crippen LogP contribution in [0, 0.1) is 0 Å². The van der Waals surface area contributed by atoms with Crippen molar-refractivity contribution in [1.82, 2.24) is 4.57 Å². The van der Waals surface area contributed by atoms with Crippen molar-refractivity contribution in [3.8, 4) is 0 Å². The number of hydrogen-bond acceptors (Lipinski definition) is 5. The van der Waals surface area contributed by atoms with Crippen LogP contribution in [-0.4, -0.2) is 17.1 Å². The lowest BCUT2D eigenvalue weighted by Gasteiger charge is -2.24. The van der Waals surface area contributed by atoms with Gasteiger partial charge in [-0.25, -0.2) is 9.79 Å². The van der Waals surface area contributed by atoms with Gasteiger partial charge in [-0.1, -0.05) is 70.9 Å². The fourth-order valence-electron chi connectivity index (χ4n) is 3.52. The van der Waals surface area contributed by atoms with Crippen molar-refractivity contribution < 1.29 is 9.53 Å². The first-order chi connectivity index (χ1) is 14.9. The van der Waals surface area contributed by atoms with Gasteiger partial charge in [0.25, 0.3) is 5.56 Å². The minimum atomic E-state index is -0.639. The number of nitrogens with zero attached hydrogens (tertiary/aromatic N) is 2. The Balaban J connectivity index is 1.99. The molecule has 0 N–H and O–H groups in total. The second-order valence-corrected chi connectivity index (χ2v) is 8.67. The van der Waals surface area contributed by atoms with Crippen LogP contribution in [0.5, 0.6) is 0 Å². The number of esters is 1. The number of halogens is 2. The molecule has 1 aromatic heterocycles. The number of ether oxygens (including phenoxy) is 1. The lowest BCUT2D eigenvalue weighted by atomic mass is 9.96. The topological polar surface area (TPSA) is 60.7 Å². The first-order valence-electron chi connectivity index (χ1n) is 9.61. The summed E-state index contributed by atoms with van der Waals surface area (Å²) in [5.41, 5.74) is 1.96. The summed E-state index contributed by atoms with van der Waals surface area (Å²) in [6.07, 6.45) is 1.67. The van der Waals surface area contributed by atoms with Crippen LogP contribution in [0.3, 0.4) is 0 Å². The number of carbonyl (C=O) groups is 1. The number of fused-ring (bicyclic) bond motifs is 1. The standard InChI is InChI=1S/C23H18Cl2N2O3S/c1-3-30-22(29)19-13(2)26-23-27(20(19)14-8-5-4-6-9-14)21(28)18(31-23)12-15-16(24)10-7-11-17(15)25/h4-12,20H,3H2,1-2H3/b18-12+/t20-/m0/s1. The summed E-state index contributed by atoms with van der Waals surface area (Å²) in [6, 6.07) is 13.9. The number of allylic oxidation sites excluding steroid dienone is 1. The fraction of sp³-hybridized carbons (Fsp3) is 0.174. The molecule has 0 spiro atoms. The van der Waals surface area contributed by atoms with Crippen LogP contribution in [0.25, 0.3) is 6.08 Å². The molecule has 0 amide bonds. The molecule has 1 aliphatic heterocycles. The molecule has 5 nitrogen and oxygen atoms in total. The molecule has 3 aromatic rings. The highest BCUT2D eigenvalue weighted by atomic mass is 35.5. The van der Waals surface area contributed by atoms with Gasteiger partial charge in [0.1, 0.15) is 0 Å². The van der Waals surface area contributed by atoms with Crippen molar-refractivity contribution >= 4 is 46.6 Å². The van der Waals surface area contributed by atoms with Crippen molar-refractivity contribution in [2.24, 2.45) is 4.99 Å². The molecule has 0 saturated heterocycles. The van der Waals surface area contributed by atoms with Gasteiger partial charge in [0.05, 0.1) is 28.5 Å². The van der Waals surface area contributed by atoms with Crippen molar-refractivity contribution in [3.63, 3.8) is 0 Å². The first-order valence-corrected chi connectivity index (χ1v) is 11.2. The molecule has 8 heteroatoms. The highest BCUT2D eigenvalue weighted by Crippen LogP contribution is 2.30. The normalized spacial score (nSPS) is 16.1. The van der Waals surface area contributed by atoms with E-state index in [4.69, 9.17) is 27.9 Å². The number of rotatable bonds is 4. The van der Waals surface area contributed by atoms with Gasteiger partial charge < -0.3 is 4.74 Å². The molecule has 1 aliphatic rings. The molecule has 31 heavy (non-hydrogen) atoms. The summed E-state index contributed by atoms with van der Waals surface area (Å²) in [4.78, 5) is 31.3. The van der Waals surface area contributed by atoms with Crippen LogP contribution < -0.4 is 14.9 Å². The van der Waals surface area contributed by atoms with Gasteiger partial charge >= 0.3 is 5.97 Å². The molecule has 2 heterocycles. The van der Waals surface area contributed by atoms with Gasteiger partial charge in [0, 0.05) is 15.6 Å². The Morgan fingerprint density at radius 1 is 1.16 bits per heavy atom. The number of benzene rings is 2. The Bertz CT molecular complexity index is 1350. The van der Waals surface area contributed by atoms with Gasteiger partial charge in [-0.15, -0.1) is 0 Å². The van der Waals surface area contributed by atoms with E-state index in [1.54, 1.807) is 38.1 Å². The highest BCUT2D eigenvalue weighted by Gasteiger charge is 2.33. The lowest BCUT2D eigenvalue weighted by Crippen LogP contribution is -2.39. The van der Waals surface area contributed by atoms with Crippen LogP contribution in [-0.2, 0) is 9.53 Å². The molecule has 0 aliphatic carbocycles. The Labute approximate surface area is 192 Å². The maximum Gasteiger partial charge on any atom is 0.338 e. The highest BCUT2D eigenvalue weighted by molar-refractivity contribution is 7.07. The summed E-state index contributed by atoms with van der Waals surface area (Å²) >= 11 is 13.8. The molecule has 0 fully saturated rings. The number of aromatic nitrogens is 1. The quantitative estimate of drug-likeness (QED) is 0.536. The summed E-state index contributed by atoms with van der Waals surface area (Å²) in [6.45, 7) is 3.73. The van der Waals surface area contributed by atoms with Crippen LogP contribution in [0.4, 0.5) is 0 Å². The minimum Gasteiger partial charge on any atom is -0.463 e. The van der Waals surface area contributed by atoms with Crippen molar-refractivity contribution in [1.29, 1.82) is 0 Å². The van der Waals surface area contributed by atoms with E-state index in [1.807, 2.05) is 30.3 Å². The maximum absolute atomic E-state index is 13.5. The molecule has 4 rings (SSSR count). The number of hydrogen-bond donors (Lipinski definition) is 0. The second kappa shape index (κ2) is 8.83. The molecular weight excluding hydrogens is 455 g/mol. The van der Waals surface area contributed by atoms with Crippen molar-refractivity contribution in [3.05, 3.63) is 101 Å². The largest absolute Gasteiger partial charge is 0.463 e. The molecule has 2 aromatic carbocycles. The van der Waals surface area contributed by atoms with Gasteiger partial charge in [-0.05, 0) is 37.6 Å². The Morgan fingerprint density at radius 3 is 2.48 bits per heavy atom. The lowest BCUT2D eigenvalue weighted by molar-refractivity contribution is -0.139. The summed E-state index contributed by atoms with van der Waals surface area (Å²) < 4.78 is 7.24. The molecule has 0 unspecified atom stereocenters. The fourth-order valence-corrected chi connectivity index (χ4v) is 5.06. The molecule has 0 radical (unpaired) electrons. The van der Waals surface area contributed by atoms with E-state index in [1.165, 1.54) is 15.9 Å². The Morgan fingerprint density at radius 2 is 1.84 bits per heavy atom. The third kappa shape index (κ3) is 3.99. The number of carbonyl (C=O) groups excluding carboxylic acids is 1. The predicted molar refractivity (Wildman–Crippen MR) is 123 cm³/mol. The maximum atomic E-state index is 13.5. The van der Waals surface area contributed by atoms with E-state index in [2.05, 4.69) is 4.99 Å². The Kier molecular flexibility index (Phi) is 6.14. The van der Waals surface area contributed by atoms with Crippen LogP contribution in [0.15, 0.2) is 69.6 Å². The van der Waals surface area contributed by atoms with E-state index in [0.29, 0.717) is 36.2 Å². The molecule has 0 bridgehead atoms. The van der Waals surface area contributed by atoms with Crippen molar-refractivity contribution in [2.45, 2.75) is 19.9 Å². The summed E-state index contributed by atoms with van der Waals surface area (Å²) in [7, 11) is 0. The monoisotopic (exact) mass is 472 g/mol. The van der Waals surface area contributed by atoms with Crippen molar-refractivity contribution in [2.75, 3.05) is 6.61 Å². The minimum absolute atomic E-state index is 0.229. The predicted octanol–water partition coefficient (Wildman–Crippen LogP) is 4.11. The van der Waals surface area contributed by atoms with E-state index in [9.17, 15) is 9.59 Å². The number of thiazole rings is 1. The second-order valence-electron chi connectivity index (χ2n) is 6.85. The smallest absolute Gasteiger partial charge is 0.338 e. The Hall–Kier alpha value is -2.67. The third-order valence-corrected chi connectivity index (χ3v) is 6.55. The van der Waals surface area contributed by atoms with E-state index in [-0.39, 0.29) is 12.2 Å². The van der Waals surface area contributed by atoms with Gasteiger partial charge in [-0.2, -0.15) is 0 Å². The van der Waals surface area contributed by atoms with E-state index >= 15 is 0 Å². The first kappa shape index (κ1) is 21.6. The molecule has 0 saturated carbocycles. The SMILES string of the molecule is CCOC(=O)C1=C(C)N=c2s/c(=C/c3c(Cl)cccc3Cl)c(=O)n2[C@H]1c1ccccc1. The van der Waals surface area contributed by atoms with Crippen LogP contribution >= 0.6 is 34.5 Å². The molecule has 1 atom stereocenters. The van der Waals surface area contributed by atoms with E-state index in [0.717, 1.165) is 5.56 Å². The third-order valence-electron chi connectivity index (χ3n) is 4.91. The van der Waals surface area contributed by atoms with Gasteiger partial charge in [0.15, 0.2) is 4.80 Å². The average molecular weight is 473 g/mol. The van der Waals surface area contributed by atoms with Gasteiger partial charge in [-0.3, -0.25) is 9.36 Å². The average Bonchev–Trinajstić information content (AvgIpc) is 3.05. The van der Waals surface area contributed by atoms with Gasteiger partial charge in [0.2, 0.25) is 0 Å². The zero-order valence-electron chi connectivity index (χ0n) is 16.8. The van der Waals surface area contributed by atoms with Crippen LogP contribution in [0.1, 0.15) is 31.0 Å². The van der Waals surface area contributed by atoms with E-state index < -0.39 is 12.0 Å². The molecule has 158 valence electrons. The summed E-state index contributed by atoms with van der Waals surface area (Å²) in [5.74, 6) is -0.485. The zero-order chi connectivity index (χ0) is 22.1. The summed E-state index contributed by atoms with van der Waals surface area (Å²) in [5, 5.41) is 0.891. The molecular formula is C23H18Cl2N2O3S. The van der Waals surface area contributed by atoms with Crippen LogP contribution in [0.2, 0.25) is 10.0 Å².